The highest BCUT2D eigenvalue weighted by molar-refractivity contribution is 5.87. The minimum atomic E-state index is -4.60. The lowest BCUT2D eigenvalue weighted by Crippen LogP contribution is -2.46. The standard InChI is InChI=1S/C15H16F3NO4/c1-9(13(20)19-8-4-6-11(19)14(21)22)23-12-7-3-2-5-10(12)15(16,17)18/h2-3,5,7,9,11H,4,6,8H2,1H3,(H,21,22)/t9?,11-/m1/s1. The summed E-state index contributed by atoms with van der Waals surface area (Å²) in [5.74, 6) is -2.21. The number of hydrogen-bond acceptors (Lipinski definition) is 3. The summed E-state index contributed by atoms with van der Waals surface area (Å²) in [5.41, 5.74) is -0.976. The van der Waals surface area contributed by atoms with Gasteiger partial charge >= 0.3 is 12.1 Å². The van der Waals surface area contributed by atoms with Gasteiger partial charge in [0.25, 0.3) is 5.91 Å². The number of carbonyl (C=O) groups excluding carboxylic acids is 1. The summed E-state index contributed by atoms with van der Waals surface area (Å²) in [6, 6.07) is 3.64. The summed E-state index contributed by atoms with van der Waals surface area (Å²) in [5, 5.41) is 9.07. The van der Waals surface area contributed by atoms with E-state index in [1.165, 1.54) is 19.1 Å². The zero-order valence-electron chi connectivity index (χ0n) is 12.3. The smallest absolute Gasteiger partial charge is 0.419 e. The van der Waals surface area contributed by atoms with E-state index in [1.54, 1.807) is 0 Å². The van der Waals surface area contributed by atoms with Crippen LogP contribution in [0.2, 0.25) is 0 Å². The fourth-order valence-electron chi connectivity index (χ4n) is 2.57. The maximum Gasteiger partial charge on any atom is 0.419 e. The fourth-order valence-corrected chi connectivity index (χ4v) is 2.57. The van der Waals surface area contributed by atoms with E-state index in [1.807, 2.05) is 0 Å². The molecule has 1 amide bonds. The first kappa shape index (κ1) is 17.1. The Labute approximate surface area is 130 Å². The molecule has 1 heterocycles. The molecular formula is C15H16F3NO4. The second kappa shape index (κ2) is 6.47. The Balaban J connectivity index is 2.15. The molecule has 0 radical (unpaired) electrons. The number of rotatable bonds is 4. The summed E-state index contributed by atoms with van der Waals surface area (Å²) in [7, 11) is 0. The summed E-state index contributed by atoms with van der Waals surface area (Å²) in [4.78, 5) is 24.5. The van der Waals surface area contributed by atoms with Crippen LogP contribution >= 0.6 is 0 Å². The van der Waals surface area contributed by atoms with E-state index < -0.39 is 41.5 Å². The lowest BCUT2D eigenvalue weighted by Gasteiger charge is -2.26. The van der Waals surface area contributed by atoms with Gasteiger partial charge < -0.3 is 14.7 Å². The molecule has 1 N–H and O–H groups in total. The van der Waals surface area contributed by atoms with Crippen molar-refractivity contribution in [1.29, 1.82) is 0 Å². The highest BCUT2D eigenvalue weighted by Crippen LogP contribution is 2.36. The number of carbonyl (C=O) groups is 2. The molecule has 1 aromatic rings. The Morgan fingerprint density at radius 2 is 2.00 bits per heavy atom. The topological polar surface area (TPSA) is 66.8 Å². The van der Waals surface area contributed by atoms with Crippen molar-refractivity contribution in [3.05, 3.63) is 29.8 Å². The predicted octanol–water partition coefficient (Wildman–Crippen LogP) is 2.55. The minimum absolute atomic E-state index is 0.254. The molecule has 126 valence electrons. The van der Waals surface area contributed by atoms with Crippen molar-refractivity contribution in [1.82, 2.24) is 4.90 Å². The van der Waals surface area contributed by atoms with Gasteiger partial charge in [-0.05, 0) is 31.9 Å². The van der Waals surface area contributed by atoms with Crippen LogP contribution < -0.4 is 4.74 Å². The zero-order chi connectivity index (χ0) is 17.2. The van der Waals surface area contributed by atoms with Crippen molar-refractivity contribution >= 4 is 11.9 Å². The first-order valence-electron chi connectivity index (χ1n) is 7.08. The third-order valence-corrected chi connectivity index (χ3v) is 3.66. The van der Waals surface area contributed by atoms with Gasteiger partial charge in [0, 0.05) is 6.54 Å². The number of hydrogen-bond donors (Lipinski definition) is 1. The van der Waals surface area contributed by atoms with Crippen LogP contribution in [0.25, 0.3) is 0 Å². The SMILES string of the molecule is CC(Oc1ccccc1C(F)(F)F)C(=O)N1CCC[C@@H]1C(=O)O. The summed E-state index contributed by atoms with van der Waals surface area (Å²) in [6.07, 6.45) is -4.95. The number of likely N-dealkylation sites (tertiary alicyclic amines) is 1. The predicted molar refractivity (Wildman–Crippen MR) is 73.9 cm³/mol. The van der Waals surface area contributed by atoms with Gasteiger partial charge in [0.1, 0.15) is 11.8 Å². The average molecular weight is 331 g/mol. The first-order valence-corrected chi connectivity index (χ1v) is 7.08. The molecule has 0 saturated carbocycles. The van der Waals surface area contributed by atoms with E-state index in [4.69, 9.17) is 9.84 Å². The molecule has 1 aliphatic rings. The molecular weight excluding hydrogens is 315 g/mol. The second-order valence-corrected chi connectivity index (χ2v) is 5.28. The van der Waals surface area contributed by atoms with Crippen LogP contribution in [0.1, 0.15) is 25.3 Å². The monoisotopic (exact) mass is 331 g/mol. The summed E-state index contributed by atoms with van der Waals surface area (Å²) < 4.78 is 43.9. The van der Waals surface area contributed by atoms with E-state index in [0.717, 1.165) is 17.0 Å². The van der Waals surface area contributed by atoms with E-state index in [2.05, 4.69) is 0 Å². The average Bonchev–Trinajstić information content (AvgIpc) is 2.95. The van der Waals surface area contributed by atoms with Gasteiger partial charge in [0.05, 0.1) is 5.56 Å². The van der Waals surface area contributed by atoms with Crippen molar-refractivity contribution in [2.45, 2.75) is 38.1 Å². The molecule has 1 unspecified atom stereocenters. The number of aliphatic carboxylic acids is 1. The lowest BCUT2D eigenvalue weighted by atomic mass is 10.2. The molecule has 1 aliphatic heterocycles. The van der Waals surface area contributed by atoms with Crippen molar-refractivity contribution in [2.75, 3.05) is 6.54 Å². The zero-order valence-corrected chi connectivity index (χ0v) is 12.3. The van der Waals surface area contributed by atoms with E-state index in [9.17, 15) is 22.8 Å². The van der Waals surface area contributed by atoms with Crippen LogP contribution in [0, 0.1) is 0 Å². The maximum absolute atomic E-state index is 12.9. The third-order valence-electron chi connectivity index (χ3n) is 3.66. The van der Waals surface area contributed by atoms with Crippen molar-refractivity contribution in [2.24, 2.45) is 0 Å². The van der Waals surface area contributed by atoms with Crippen molar-refractivity contribution in [3.8, 4) is 5.75 Å². The van der Waals surface area contributed by atoms with E-state index in [-0.39, 0.29) is 6.54 Å². The number of halogens is 3. The molecule has 1 saturated heterocycles. The number of benzene rings is 1. The van der Waals surface area contributed by atoms with Crippen LogP contribution in [0.3, 0.4) is 0 Å². The number of ether oxygens (including phenoxy) is 1. The molecule has 8 heteroatoms. The van der Waals surface area contributed by atoms with Crippen LogP contribution in [-0.4, -0.2) is 40.6 Å². The van der Waals surface area contributed by atoms with Crippen molar-refractivity contribution < 1.29 is 32.6 Å². The Kier molecular flexibility index (Phi) is 4.82. The first-order chi connectivity index (χ1) is 10.7. The van der Waals surface area contributed by atoms with Gasteiger partial charge in [-0.1, -0.05) is 12.1 Å². The molecule has 1 fully saturated rings. The van der Waals surface area contributed by atoms with Gasteiger partial charge in [0.2, 0.25) is 0 Å². The number of alkyl halides is 3. The number of carboxylic acid groups (broad SMARTS) is 1. The number of amides is 1. The number of carboxylic acids is 1. The highest BCUT2D eigenvalue weighted by atomic mass is 19.4. The van der Waals surface area contributed by atoms with Gasteiger partial charge in [-0.15, -0.1) is 0 Å². The molecule has 1 aromatic carbocycles. The third kappa shape index (κ3) is 3.75. The van der Waals surface area contributed by atoms with Crippen LogP contribution in [-0.2, 0) is 15.8 Å². The molecule has 23 heavy (non-hydrogen) atoms. The Bertz CT molecular complexity index is 603. The Hall–Kier alpha value is -2.25. The Morgan fingerprint density at radius 1 is 1.35 bits per heavy atom. The molecule has 2 atom stereocenters. The number of para-hydroxylation sites is 1. The lowest BCUT2D eigenvalue weighted by molar-refractivity contribution is -0.151. The second-order valence-electron chi connectivity index (χ2n) is 5.28. The molecule has 5 nitrogen and oxygen atoms in total. The largest absolute Gasteiger partial charge is 0.480 e. The molecule has 0 spiro atoms. The van der Waals surface area contributed by atoms with E-state index in [0.29, 0.717) is 12.8 Å². The normalized spacial score (nSPS) is 19.5. The van der Waals surface area contributed by atoms with Crippen LogP contribution in [0.5, 0.6) is 5.75 Å². The highest BCUT2D eigenvalue weighted by Gasteiger charge is 2.38. The summed E-state index contributed by atoms with van der Waals surface area (Å²) >= 11 is 0. The number of nitrogens with zero attached hydrogens (tertiary/aromatic N) is 1. The van der Waals surface area contributed by atoms with Gasteiger partial charge in [-0.25, -0.2) is 4.79 Å². The van der Waals surface area contributed by atoms with Gasteiger partial charge in [-0.3, -0.25) is 4.79 Å². The van der Waals surface area contributed by atoms with Crippen LogP contribution in [0.15, 0.2) is 24.3 Å². The van der Waals surface area contributed by atoms with Gasteiger partial charge in [0.15, 0.2) is 6.10 Å². The van der Waals surface area contributed by atoms with Gasteiger partial charge in [-0.2, -0.15) is 13.2 Å². The fraction of sp³-hybridized carbons (Fsp3) is 0.467. The van der Waals surface area contributed by atoms with Crippen molar-refractivity contribution in [3.63, 3.8) is 0 Å². The Morgan fingerprint density at radius 3 is 2.61 bits per heavy atom. The molecule has 0 aromatic heterocycles. The minimum Gasteiger partial charge on any atom is -0.480 e. The quantitative estimate of drug-likeness (QED) is 0.921. The molecule has 0 aliphatic carbocycles. The molecule has 2 rings (SSSR count). The molecule has 0 bridgehead atoms. The maximum atomic E-state index is 12.9. The van der Waals surface area contributed by atoms with Crippen LogP contribution in [0.4, 0.5) is 13.2 Å². The summed E-state index contributed by atoms with van der Waals surface area (Å²) in [6.45, 7) is 1.57. The van der Waals surface area contributed by atoms with E-state index >= 15 is 0 Å².